The van der Waals surface area contributed by atoms with E-state index < -0.39 is 0 Å². The quantitative estimate of drug-likeness (QED) is 0.656. The summed E-state index contributed by atoms with van der Waals surface area (Å²) in [6.07, 6.45) is 6.82. The molecule has 1 aliphatic carbocycles. The van der Waals surface area contributed by atoms with Gasteiger partial charge in [-0.25, -0.2) is 0 Å². The topological polar surface area (TPSA) is 49.6 Å². The van der Waals surface area contributed by atoms with Crippen molar-refractivity contribution in [2.45, 2.75) is 52.1 Å². The summed E-state index contributed by atoms with van der Waals surface area (Å²) in [5.41, 5.74) is 0. The summed E-state index contributed by atoms with van der Waals surface area (Å²) in [6, 6.07) is 4.42. The summed E-state index contributed by atoms with van der Waals surface area (Å²) >= 11 is 0. The number of hydrogen-bond acceptors (Lipinski definition) is 2. The molecule has 1 saturated carbocycles. The fourth-order valence-corrected chi connectivity index (χ4v) is 2.90. The first-order valence-electron chi connectivity index (χ1n) is 7.68. The van der Waals surface area contributed by atoms with E-state index >= 15 is 0 Å². The van der Waals surface area contributed by atoms with Crippen molar-refractivity contribution in [3.63, 3.8) is 0 Å². The van der Waals surface area contributed by atoms with Gasteiger partial charge in [-0.15, -0.1) is 0 Å². The number of rotatable bonds is 4. The molecule has 2 N–H and O–H groups in total. The standard InChI is InChI=1S/C16H27N3O/c1-12(2)13-6-8-14(9-7-13)19-16(17-3)18-11-15-5-4-10-20-15/h4-5,10,12-14H,6-9,11H2,1-3H3,(H2,17,18,19). The molecular weight excluding hydrogens is 250 g/mol. The second-order valence-electron chi connectivity index (χ2n) is 6.01. The molecule has 1 fully saturated rings. The van der Waals surface area contributed by atoms with Crippen molar-refractivity contribution in [1.82, 2.24) is 10.6 Å². The molecule has 2 rings (SSSR count). The molecule has 1 heterocycles. The highest BCUT2D eigenvalue weighted by molar-refractivity contribution is 5.79. The van der Waals surface area contributed by atoms with Crippen LogP contribution in [0.5, 0.6) is 0 Å². The van der Waals surface area contributed by atoms with Crippen LogP contribution in [0.4, 0.5) is 0 Å². The molecule has 0 aromatic carbocycles. The van der Waals surface area contributed by atoms with E-state index in [1.807, 2.05) is 19.2 Å². The van der Waals surface area contributed by atoms with Crippen molar-refractivity contribution in [3.8, 4) is 0 Å². The van der Waals surface area contributed by atoms with E-state index in [0.717, 1.165) is 23.6 Å². The maximum absolute atomic E-state index is 5.31. The summed E-state index contributed by atoms with van der Waals surface area (Å²) in [6.45, 7) is 5.35. The number of guanidine groups is 1. The molecule has 1 aromatic rings. The van der Waals surface area contributed by atoms with Gasteiger partial charge in [0.05, 0.1) is 12.8 Å². The molecular formula is C16H27N3O. The molecule has 112 valence electrons. The summed E-state index contributed by atoms with van der Waals surface area (Å²) < 4.78 is 5.31. The van der Waals surface area contributed by atoms with Gasteiger partial charge < -0.3 is 15.1 Å². The average Bonchev–Trinajstić information content (AvgIpc) is 2.97. The van der Waals surface area contributed by atoms with Crippen molar-refractivity contribution in [1.29, 1.82) is 0 Å². The highest BCUT2D eigenvalue weighted by Gasteiger charge is 2.23. The van der Waals surface area contributed by atoms with E-state index in [4.69, 9.17) is 4.42 Å². The van der Waals surface area contributed by atoms with Crippen LogP contribution in [0.3, 0.4) is 0 Å². The second kappa shape index (κ2) is 7.36. The van der Waals surface area contributed by atoms with Crippen LogP contribution in [0.1, 0.15) is 45.3 Å². The predicted molar refractivity (Wildman–Crippen MR) is 82.6 cm³/mol. The van der Waals surface area contributed by atoms with E-state index in [-0.39, 0.29) is 0 Å². The lowest BCUT2D eigenvalue weighted by atomic mass is 9.80. The first kappa shape index (κ1) is 14.9. The first-order chi connectivity index (χ1) is 9.69. The van der Waals surface area contributed by atoms with Gasteiger partial charge in [0.25, 0.3) is 0 Å². The molecule has 0 amide bonds. The summed E-state index contributed by atoms with van der Waals surface area (Å²) in [5, 5.41) is 6.82. The number of nitrogens with zero attached hydrogens (tertiary/aromatic N) is 1. The molecule has 20 heavy (non-hydrogen) atoms. The first-order valence-corrected chi connectivity index (χ1v) is 7.68. The average molecular weight is 277 g/mol. The highest BCUT2D eigenvalue weighted by atomic mass is 16.3. The van der Waals surface area contributed by atoms with Gasteiger partial charge in [0, 0.05) is 13.1 Å². The maximum Gasteiger partial charge on any atom is 0.191 e. The van der Waals surface area contributed by atoms with Crippen LogP contribution in [0.2, 0.25) is 0 Å². The molecule has 0 bridgehead atoms. The Morgan fingerprint density at radius 2 is 2.10 bits per heavy atom. The lowest BCUT2D eigenvalue weighted by Gasteiger charge is -2.32. The normalized spacial score (nSPS) is 23.9. The fraction of sp³-hybridized carbons (Fsp3) is 0.688. The zero-order valence-electron chi connectivity index (χ0n) is 12.9. The Hall–Kier alpha value is -1.45. The monoisotopic (exact) mass is 277 g/mol. The SMILES string of the molecule is CN=C(NCc1ccco1)NC1CCC(C(C)C)CC1. The molecule has 0 spiro atoms. The van der Waals surface area contributed by atoms with Gasteiger partial charge in [-0.3, -0.25) is 4.99 Å². The van der Waals surface area contributed by atoms with Gasteiger partial charge in [-0.05, 0) is 49.7 Å². The van der Waals surface area contributed by atoms with Crippen LogP contribution < -0.4 is 10.6 Å². The largest absolute Gasteiger partial charge is 0.467 e. The van der Waals surface area contributed by atoms with Gasteiger partial charge in [0.1, 0.15) is 5.76 Å². The van der Waals surface area contributed by atoms with Crippen molar-refractivity contribution >= 4 is 5.96 Å². The van der Waals surface area contributed by atoms with Crippen LogP contribution in [0.25, 0.3) is 0 Å². The molecule has 0 aliphatic heterocycles. The number of nitrogens with one attached hydrogen (secondary N) is 2. The maximum atomic E-state index is 5.31. The van der Waals surface area contributed by atoms with Gasteiger partial charge >= 0.3 is 0 Å². The third-order valence-corrected chi connectivity index (χ3v) is 4.29. The van der Waals surface area contributed by atoms with Crippen LogP contribution in [0.15, 0.2) is 27.8 Å². The Kier molecular flexibility index (Phi) is 5.50. The molecule has 1 aliphatic rings. The van der Waals surface area contributed by atoms with Crippen LogP contribution in [-0.4, -0.2) is 19.0 Å². The van der Waals surface area contributed by atoms with Crippen molar-refractivity contribution < 1.29 is 4.42 Å². The lowest BCUT2D eigenvalue weighted by molar-refractivity contribution is 0.250. The van der Waals surface area contributed by atoms with E-state index in [0.29, 0.717) is 12.6 Å². The van der Waals surface area contributed by atoms with Gasteiger partial charge in [-0.2, -0.15) is 0 Å². The fourth-order valence-electron chi connectivity index (χ4n) is 2.90. The molecule has 1 aromatic heterocycles. The Morgan fingerprint density at radius 3 is 2.65 bits per heavy atom. The predicted octanol–water partition coefficient (Wildman–Crippen LogP) is 3.16. The Morgan fingerprint density at radius 1 is 1.35 bits per heavy atom. The highest BCUT2D eigenvalue weighted by Crippen LogP contribution is 2.29. The minimum absolute atomic E-state index is 0.549. The molecule has 4 heteroatoms. The zero-order chi connectivity index (χ0) is 14.4. The van der Waals surface area contributed by atoms with Crippen molar-refractivity contribution in [2.24, 2.45) is 16.8 Å². The van der Waals surface area contributed by atoms with Crippen molar-refractivity contribution in [3.05, 3.63) is 24.2 Å². The Bertz CT molecular complexity index is 403. The van der Waals surface area contributed by atoms with Crippen LogP contribution in [0, 0.1) is 11.8 Å². The summed E-state index contributed by atoms with van der Waals surface area (Å²) in [5.74, 6) is 3.50. The van der Waals surface area contributed by atoms with Crippen molar-refractivity contribution in [2.75, 3.05) is 7.05 Å². The molecule has 0 atom stereocenters. The Labute approximate surface area is 122 Å². The zero-order valence-corrected chi connectivity index (χ0v) is 12.9. The van der Waals surface area contributed by atoms with Crippen LogP contribution in [-0.2, 0) is 6.54 Å². The minimum Gasteiger partial charge on any atom is -0.467 e. The summed E-state index contributed by atoms with van der Waals surface area (Å²) in [7, 11) is 1.82. The third-order valence-electron chi connectivity index (χ3n) is 4.29. The van der Waals surface area contributed by atoms with E-state index in [1.165, 1.54) is 25.7 Å². The van der Waals surface area contributed by atoms with Gasteiger partial charge in [0.15, 0.2) is 5.96 Å². The number of hydrogen-bond donors (Lipinski definition) is 2. The number of aliphatic imine (C=N–C) groups is 1. The third kappa shape index (κ3) is 4.29. The van der Waals surface area contributed by atoms with E-state index in [1.54, 1.807) is 6.26 Å². The van der Waals surface area contributed by atoms with E-state index in [9.17, 15) is 0 Å². The lowest BCUT2D eigenvalue weighted by Crippen LogP contribution is -2.44. The van der Waals surface area contributed by atoms with E-state index in [2.05, 4.69) is 29.5 Å². The molecule has 4 nitrogen and oxygen atoms in total. The van der Waals surface area contributed by atoms with Crippen LogP contribution >= 0.6 is 0 Å². The molecule has 0 saturated heterocycles. The number of furan rings is 1. The molecule has 0 unspecified atom stereocenters. The molecule has 0 radical (unpaired) electrons. The van der Waals surface area contributed by atoms with Gasteiger partial charge in [-0.1, -0.05) is 13.8 Å². The Balaban J connectivity index is 1.74. The minimum atomic E-state index is 0.549. The summed E-state index contributed by atoms with van der Waals surface area (Å²) in [4.78, 5) is 4.29. The van der Waals surface area contributed by atoms with Gasteiger partial charge in [0.2, 0.25) is 0 Å². The second-order valence-corrected chi connectivity index (χ2v) is 6.01. The smallest absolute Gasteiger partial charge is 0.191 e.